The summed E-state index contributed by atoms with van der Waals surface area (Å²) < 4.78 is 30.6. The van der Waals surface area contributed by atoms with Crippen LogP contribution in [0.1, 0.15) is 20.8 Å². The zero-order chi connectivity index (χ0) is 19.3. The molecule has 2 rings (SSSR count). The maximum atomic E-state index is 12.3. The van der Waals surface area contributed by atoms with Crippen LogP contribution in [0.5, 0.6) is 5.75 Å². The van der Waals surface area contributed by atoms with Gasteiger partial charge in [0.05, 0.1) is 12.7 Å². The Morgan fingerprint density at radius 2 is 1.96 bits per heavy atom. The number of benzene rings is 1. The number of hydrogen-bond acceptors (Lipinski definition) is 6. The van der Waals surface area contributed by atoms with Crippen LogP contribution in [0.15, 0.2) is 34.5 Å². The molecule has 1 heterocycles. The summed E-state index contributed by atoms with van der Waals surface area (Å²) in [5.41, 5.74) is 6.22. The fourth-order valence-electron chi connectivity index (χ4n) is 2.21. The lowest BCUT2D eigenvalue weighted by Gasteiger charge is -2.09. The van der Waals surface area contributed by atoms with Crippen molar-refractivity contribution in [2.75, 3.05) is 13.7 Å². The summed E-state index contributed by atoms with van der Waals surface area (Å²) in [5, 5.41) is 2.78. The number of ether oxygens (including phenoxy) is 1. The Kier molecular flexibility index (Phi) is 6.22. The van der Waals surface area contributed by atoms with Gasteiger partial charge in [-0.1, -0.05) is 11.6 Å². The van der Waals surface area contributed by atoms with Gasteiger partial charge in [0.2, 0.25) is 0 Å². The SMILES string of the molecule is COc1ccc(C)cc1C(=O)NCCc1ccc(S(=O)(=O)NC(N)=O)s1. The average Bonchev–Trinajstić information content (AvgIpc) is 3.03. The van der Waals surface area contributed by atoms with E-state index in [9.17, 15) is 18.0 Å². The van der Waals surface area contributed by atoms with Gasteiger partial charge >= 0.3 is 6.03 Å². The summed E-state index contributed by atoms with van der Waals surface area (Å²) in [6.45, 7) is 2.20. The van der Waals surface area contributed by atoms with Gasteiger partial charge < -0.3 is 15.8 Å². The summed E-state index contributed by atoms with van der Waals surface area (Å²) in [5.74, 6) is 0.209. The van der Waals surface area contributed by atoms with E-state index in [0.717, 1.165) is 21.8 Å². The highest BCUT2D eigenvalue weighted by Gasteiger charge is 2.18. The number of rotatable bonds is 7. The van der Waals surface area contributed by atoms with Crippen molar-refractivity contribution in [2.24, 2.45) is 5.73 Å². The predicted octanol–water partition coefficient (Wildman–Crippen LogP) is 1.39. The normalized spacial score (nSPS) is 11.0. The first-order chi connectivity index (χ1) is 12.2. The molecule has 0 spiro atoms. The zero-order valence-corrected chi connectivity index (χ0v) is 15.9. The minimum Gasteiger partial charge on any atom is -0.496 e. The summed E-state index contributed by atoms with van der Waals surface area (Å²) >= 11 is 1.01. The fraction of sp³-hybridized carbons (Fsp3) is 0.250. The first kappa shape index (κ1) is 19.7. The highest BCUT2D eigenvalue weighted by atomic mass is 32.2. The Balaban J connectivity index is 1.98. The predicted molar refractivity (Wildman–Crippen MR) is 98.0 cm³/mol. The number of nitrogens with two attached hydrogens (primary N) is 1. The molecular weight excluding hydrogens is 378 g/mol. The number of carbonyl (C=O) groups excluding carboxylic acids is 2. The Bertz CT molecular complexity index is 922. The molecule has 1 aromatic heterocycles. The summed E-state index contributed by atoms with van der Waals surface area (Å²) in [6, 6.07) is 7.19. The number of sulfonamides is 1. The highest BCUT2D eigenvalue weighted by Crippen LogP contribution is 2.22. The van der Waals surface area contributed by atoms with Crippen molar-refractivity contribution in [2.45, 2.75) is 17.6 Å². The van der Waals surface area contributed by atoms with E-state index in [1.54, 1.807) is 22.9 Å². The van der Waals surface area contributed by atoms with Crippen LogP contribution >= 0.6 is 11.3 Å². The lowest BCUT2D eigenvalue weighted by atomic mass is 10.1. The fourth-order valence-corrected chi connectivity index (χ4v) is 4.45. The Morgan fingerprint density at radius 3 is 2.62 bits per heavy atom. The minimum atomic E-state index is -3.95. The van der Waals surface area contributed by atoms with Crippen molar-refractivity contribution in [1.29, 1.82) is 0 Å². The third-order valence-electron chi connectivity index (χ3n) is 3.39. The topological polar surface area (TPSA) is 128 Å². The van der Waals surface area contributed by atoms with E-state index < -0.39 is 16.1 Å². The Morgan fingerprint density at radius 1 is 1.23 bits per heavy atom. The second-order valence-electron chi connectivity index (χ2n) is 5.40. The van der Waals surface area contributed by atoms with Gasteiger partial charge in [-0.05, 0) is 37.6 Å². The molecule has 0 aliphatic rings. The second kappa shape index (κ2) is 8.19. The van der Waals surface area contributed by atoms with Gasteiger partial charge in [-0.3, -0.25) is 4.79 Å². The van der Waals surface area contributed by atoms with E-state index in [-0.39, 0.29) is 10.1 Å². The van der Waals surface area contributed by atoms with E-state index in [1.165, 1.54) is 13.2 Å². The molecule has 0 saturated carbocycles. The molecule has 0 fully saturated rings. The molecule has 0 atom stereocenters. The minimum absolute atomic E-state index is 0.0158. The molecule has 8 nitrogen and oxygen atoms in total. The Labute approximate surface area is 155 Å². The van der Waals surface area contributed by atoms with Gasteiger partial charge in [-0.2, -0.15) is 0 Å². The number of nitrogens with one attached hydrogen (secondary N) is 2. The van der Waals surface area contributed by atoms with Crippen molar-refractivity contribution in [3.05, 3.63) is 46.3 Å². The summed E-state index contributed by atoms with van der Waals surface area (Å²) in [4.78, 5) is 23.8. The standard InChI is InChI=1S/C16H19N3O5S2/c1-10-3-5-13(24-2)12(9-10)15(20)18-8-7-11-4-6-14(25-11)26(22,23)19-16(17)21/h3-6,9H,7-8H2,1-2H3,(H,18,20)(H3,17,19,21). The maximum absolute atomic E-state index is 12.3. The number of amides is 3. The molecule has 0 saturated heterocycles. The third kappa shape index (κ3) is 4.96. The molecule has 26 heavy (non-hydrogen) atoms. The number of methoxy groups -OCH3 is 1. The monoisotopic (exact) mass is 397 g/mol. The quantitative estimate of drug-likeness (QED) is 0.651. The van der Waals surface area contributed by atoms with Crippen LogP contribution in [0.3, 0.4) is 0 Å². The molecule has 0 radical (unpaired) electrons. The summed E-state index contributed by atoms with van der Waals surface area (Å²) in [6.07, 6.45) is 0.441. The lowest BCUT2D eigenvalue weighted by molar-refractivity contribution is 0.0951. The molecule has 0 bridgehead atoms. The maximum Gasteiger partial charge on any atom is 0.326 e. The van der Waals surface area contributed by atoms with E-state index in [1.807, 2.05) is 13.0 Å². The molecule has 4 N–H and O–H groups in total. The van der Waals surface area contributed by atoms with E-state index in [2.05, 4.69) is 5.32 Å². The van der Waals surface area contributed by atoms with Crippen LogP contribution in [-0.4, -0.2) is 34.0 Å². The Hall–Kier alpha value is -2.59. The highest BCUT2D eigenvalue weighted by molar-refractivity contribution is 7.92. The van der Waals surface area contributed by atoms with Gasteiger partial charge in [0, 0.05) is 11.4 Å². The second-order valence-corrected chi connectivity index (χ2v) is 8.48. The average molecular weight is 397 g/mol. The van der Waals surface area contributed by atoms with Gasteiger partial charge in [0.15, 0.2) is 0 Å². The molecule has 3 amide bonds. The molecular formula is C16H19N3O5S2. The lowest BCUT2D eigenvalue weighted by Crippen LogP contribution is -2.34. The summed E-state index contributed by atoms with van der Waals surface area (Å²) in [7, 11) is -2.45. The number of urea groups is 1. The van der Waals surface area contributed by atoms with Crippen molar-refractivity contribution >= 4 is 33.3 Å². The van der Waals surface area contributed by atoms with Crippen molar-refractivity contribution in [1.82, 2.24) is 10.0 Å². The van der Waals surface area contributed by atoms with Gasteiger partial charge in [-0.15, -0.1) is 11.3 Å². The smallest absolute Gasteiger partial charge is 0.326 e. The third-order valence-corrected chi connectivity index (χ3v) is 6.38. The first-order valence-corrected chi connectivity index (χ1v) is 9.86. The molecule has 0 aliphatic carbocycles. The van der Waals surface area contributed by atoms with E-state index >= 15 is 0 Å². The van der Waals surface area contributed by atoms with Crippen molar-refractivity contribution in [3.63, 3.8) is 0 Å². The van der Waals surface area contributed by atoms with Gasteiger partial charge in [-0.25, -0.2) is 17.9 Å². The van der Waals surface area contributed by atoms with Crippen LogP contribution in [0.4, 0.5) is 4.79 Å². The molecule has 0 unspecified atom stereocenters. The number of carbonyl (C=O) groups is 2. The molecule has 10 heteroatoms. The largest absolute Gasteiger partial charge is 0.496 e. The first-order valence-electron chi connectivity index (χ1n) is 7.56. The number of primary amides is 1. The van der Waals surface area contributed by atoms with Crippen LogP contribution in [0.2, 0.25) is 0 Å². The molecule has 140 valence electrons. The molecule has 0 aliphatic heterocycles. The van der Waals surface area contributed by atoms with E-state index in [0.29, 0.717) is 24.3 Å². The van der Waals surface area contributed by atoms with Crippen molar-refractivity contribution < 1.29 is 22.7 Å². The van der Waals surface area contributed by atoms with Crippen LogP contribution in [-0.2, 0) is 16.4 Å². The number of hydrogen-bond donors (Lipinski definition) is 3. The number of thiophene rings is 1. The number of aryl methyl sites for hydroxylation is 1. The molecule has 2 aromatic rings. The van der Waals surface area contributed by atoms with Crippen LogP contribution in [0.25, 0.3) is 0 Å². The van der Waals surface area contributed by atoms with Crippen LogP contribution < -0.4 is 20.5 Å². The van der Waals surface area contributed by atoms with Gasteiger partial charge in [0.1, 0.15) is 9.96 Å². The van der Waals surface area contributed by atoms with E-state index in [4.69, 9.17) is 10.5 Å². The molecule has 1 aromatic carbocycles. The zero-order valence-electron chi connectivity index (χ0n) is 14.2. The van der Waals surface area contributed by atoms with Crippen molar-refractivity contribution in [3.8, 4) is 5.75 Å². The van der Waals surface area contributed by atoms with Crippen LogP contribution in [0, 0.1) is 6.92 Å². The van der Waals surface area contributed by atoms with Gasteiger partial charge in [0.25, 0.3) is 15.9 Å².